The first-order valence-corrected chi connectivity index (χ1v) is 8.99. The Labute approximate surface area is 160 Å². The van der Waals surface area contributed by atoms with Crippen LogP contribution in [0.1, 0.15) is 23.8 Å². The van der Waals surface area contributed by atoms with Gasteiger partial charge in [0.1, 0.15) is 22.6 Å². The van der Waals surface area contributed by atoms with E-state index < -0.39 is 5.91 Å². The number of carbonyl (C=O) groups is 1. The second kappa shape index (κ2) is 7.19. The Morgan fingerprint density at radius 3 is 2.75 bits per heavy atom. The first-order chi connectivity index (χ1) is 13.6. The van der Waals surface area contributed by atoms with Crippen molar-refractivity contribution in [1.29, 1.82) is 0 Å². The van der Waals surface area contributed by atoms with E-state index in [-0.39, 0.29) is 11.3 Å². The fourth-order valence-electron chi connectivity index (χ4n) is 3.15. The normalized spacial score (nSPS) is 11.1. The van der Waals surface area contributed by atoms with E-state index >= 15 is 0 Å². The van der Waals surface area contributed by atoms with Gasteiger partial charge in [-0.05, 0) is 24.6 Å². The van der Waals surface area contributed by atoms with Crippen LogP contribution in [0.4, 0.5) is 5.69 Å². The summed E-state index contributed by atoms with van der Waals surface area (Å²) in [5, 5.41) is 8.82. The van der Waals surface area contributed by atoms with E-state index in [1.165, 1.54) is 16.8 Å². The minimum Gasteiger partial charge on any atom is -0.495 e. The minimum absolute atomic E-state index is 0.153. The number of nitrogens with zero attached hydrogens (tertiary/aromatic N) is 2. The van der Waals surface area contributed by atoms with Crippen molar-refractivity contribution in [2.24, 2.45) is 0 Å². The van der Waals surface area contributed by atoms with E-state index in [0.29, 0.717) is 23.6 Å². The van der Waals surface area contributed by atoms with Gasteiger partial charge in [0.15, 0.2) is 0 Å². The SMILES string of the molecule is CCCn1nc(C(=O)Nc2cc3oc4ccccc4c3cc2OC)ccc1=O. The van der Waals surface area contributed by atoms with Gasteiger partial charge in [-0.3, -0.25) is 9.59 Å². The van der Waals surface area contributed by atoms with Crippen molar-refractivity contribution in [3.8, 4) is 5.75 Å². The minimum atomic E-state index is -0.432. The van der Waals surface area contributed by atoms with E-state index in [1.54, 1.807) is 13.2 Å². The molecule has 0 bridgehead atoms. The van der Waals surface area contributed by atoms with Crippen LogP contribution >= 0.6 is 0 Å². The highest BCUT2D eigenvalue weighted by Crippen LogP contribution is 2.36. The number of fused-ring (bicyclic) bond motifs is 3. The standard InChI is InChI=1S/C21H19N3O4/c1-3-10-24-20(25)9-8-15(23-24)21(26)22-16-12-18-14(11-19(16)27-2)13-6-4-5-7-17(13)28-18/h4-9,11-12H,3,10H2,1-2H3,(H,22,26). The summed E-state index contributed by atoms with van der Waals surface area (Å²) in [6.07, 6.45) is 0.745. The Kier molecular flexibility index (Phi) is 4.57. The Bertz CT molecular complexity index is 1240. The molecule has 4 rings (SSSR count). The molecule has 0 radical (unpaired) electrons. The van der Waals surface area contributed by atoms with Crippen molar-refractivity contribution in [3.63, 3.8) is 0 Å². The molecule has 0 aliphatic heterocycles. The molecule has 0 spiro atoms. The molecular formula is C21H19N3O4. The van der Waals surface area contributed by atoms with Gasteiger partial charge in [-0.25, -0.2) is 4.68 Å². The Hall–Kier alpha value is -3.61. The molecule has 0 saturated heterocycles. The second-order valence-corrected chi connectivity index (χ2v) is 6.38. The Balaban J connectivity index is 1.72. The molecule has 4 aromatic rings. The number of para-hydroxylation sites is 1. The van der Waals surface area contributed by atoms with E-state index in [0.717, 1.165) is 22.8 Å². The fourth-order valence-corrected chi connectivity index (χ4v) is 3.15. The zero-order chi connectivity index (χ0) is 19.7. The van der Waals surface area contributed by atoms with Gasteiger partial charge in [0.2, 0.25) is 0 Å². The Morgan fingerprint density at radius 2 is 1.96 bits per heavy atom. The molecule has 0 atom stereocenters. The van der Waals surface area contributed by atoms with Crippen molar-refractivity contribution in [2.45, 2.75) is 19.9 Å². The lowest BCUT2D eigenvalue weighted by Crippen LogP contribution is -2.26. The van der Waals surface area contributed by atoms with Gasteiger partial charge >= 0.3 is 0 Å². The molecule has 2 heterocycles. The third-order valence-corrected chi connectivity index (χ3v) is 4.48. The lowest BCUT2D eigenvalue weighted by atomic mass is 10.1. The van der Waals surface area contributed by atoms with Crippen LogP contribution in [0.15, 0.2) is 57.7 Å². The van der Waals surface area contributed by atoms with Gasteiger partial charge in [0, 0.05) is 29.4 Å². The van der Waals surface area contributed by atoms with Crippen LogP contribution in [-0.4, -0.2) is 22.8 Å². The van der Waals surface area contributed by atoms with Crippen LogP contribution in [0.5, 0.6) is 5.75 Å². The number of rotatable bonds is 5. The lowest BCUT2D eigenvalue weighted by Gasteiger charge is -2.11. The quantitative estimate of drug-likeness (QED) is 0.571. The van der Waals surface area contributed by atoms with Gasteiger partial charge in [0.05, 0.1) is 12.8 Å². The van der Waals surface area contributed by atoms with Gasteiger partial charge in [0.25, 0.3) is 11.5 Å². The first-order valence-electron chi connectivity index (χ1n) is 8.99. The molecule has 0 aliphatic carbocycles. The smallest absolute Gasteiger partial charge is 0.276 e. The summed E-state index contributed by atoms with van der Waals surface area (Å²) >= 11 is 0. The summed E-state index contributed by atoms with van der Waals surface area (Å²) in [5.74, 6) is 0.0768. The molecule has 7 heteroatoms. The number of ether oxygens (including phenoxy) is 1. The van der Waals surface area contributed by atoms with Crippen LogP contribution < -0.4 is 15.6 Å². The zero-order valence-corrected chi connectivity index (χ0v) is 15.6. The topological polar surface area (TPSA) is 86.4 Å². The summed E-state index contributed by atoms with van der Waals surface area (Å²) < 4.78 is 12.6. The maximum absolute atomic E-state index is 12.7. The summed E-state index contributed by atoms with van der Waals surface area (Å²) in [5.41, 5.74) is 1.78. The van der Waals surface area contributed by atoms with E-state index in [4.69, 9.17) is 9.15 Å². The molecule has 0 aliphatic rings. The van der Waals surface area contributed by atoms with E-state index in [9.17, 15) is 9.59 Å². The molecule has 0 unspecified atom stereocenters. The Morgan fingerprint density at radius 1 is 1.14 bits per heavy atom. The average Bonchev–Trinajstić information content (AvgIpc) is 3.06. The molecule has 142 valence electrons. The molecule has 28 heavy (non-hydrogen) atoms. The number of hydrogen-bond acceptors (Lipinski definition) is 5. The fraction of sp³-hybridized carbons (Fsp3) is 0.190. The highest BCUT2D eigenvalue weighted by atomic mass is 16.5. The van der Waals surface area contributed by atoms with Crippen molar-refractivity contribution in [2.75, 3.05) is 12.4 Å². The van der Waals surface area contributed by atoms with Gasteiger partial charge < -0.3 is 14.5 Å². The van der Waals surface area contributed by atoms with Crippen LogP contribution in [0.3, 0.4) is 0 Å². The number of amides is 1. The number of nitrogens with one attached hydrogen (secondary N) is 1. The van der Waals surface area contributed by atoms with E-state index in [1.807, 2.05) is 37.3 Å². The number of methoxy groups -OCH3 is 1. The molecule has 7 nitrogen and oxygen atoms in total. The average molecular weight is 377 g/mol. The molecule has 2 aromatic carbocycles. The molecule has 2 aromatic heterocycles. The highest BCUT2D eigenvalue weighted by Gasteiger charge is 2.16. The van der Waals surface area contributed by atoms with Gasteiger partial charge in [-0.15, -0.1) is 0 Å². The van der Waals surface area contributed by atoms with Crippen molar-refractivity contribution in [1.82, 2.24) is 9.78 Å². The molecule has 0 fully saturated rings. The summed E-state index contributed by atoms with van der Waals surface area (Å²) in [6.45, 7) is 2.39. The van der Waals surface area contributed by atoms with Gasteiger partial charge in [-0.2, -0.15) is 5.10 Å². The number of furan rings is 1. The monoisotopic (exact) mass is 377 g/mol. The zero-order valence-electron chi connectivity index (χ0n) is 15.6. The third-order valence-electron chi connectivity index (χ3n) is 4.48. The molecule has 1 N–H and O–H groups in total. The number of carbonyl (C=O) groups excluding carboxylic acids is 1. The largest absolute Gasteiger partial charge is 0.495 e. The molecule has 0 saturated carbocycles. The van der Waals surface area contributed by atoms with Crippen LogP contribution in [0.2, 0.25) is 0 Å². The predicted octanol–water partition coefficient (Wildman–Crippen LogP) is 3.81. The first kappa shape index (κ1) is 17.8. The number of hydrogen-bond donors (Lipinski definition) is 1. The highest BCUT2D eigenvalue weighted by molar-refractivity contribution is 6.09. The number of aryl methyl sites for hydroxylation is 1. The van der Waals surface area contributed by atoms with Crippen LogP contribution in [0, 0.1) is 0 Å². The maximum atomic E-state index is 12.7. The van der Waals surface area contributed by atoms with Crippen molar-refractivity contribution >= 4 is 33.5 Å². The van der Waals surface area contributed by atoms with Crippen LogP contribution in [0.25, 0.3) is 21.9 Å². The predicted molar refractivity (Wildman–Crippen MR) is 107 cm³/mol. The van der Waals surface area contributed by atoms with E-state index in [2.05, 4.69) is 10.4 Å². The van der Waals surface area contributed by atoms with Crippen molar-refractivity contribution in [3.05, 3.63) is 64.6 Å². The molecular weight excluding hydrogens is 358 g/mol. The maximum Gasteiger partial charge on any atom is 0.276 e. The summed E-state index contributed by atoms with van der Waals surface area (Å²) in [6, 6.07) is 14.0. The lowest BCUT2D eigenvalue weighted by molar-refractivity contribution is 0.101. The van der Waals surface area contributed by atoms with Crippen LogP contribution in [-0.2, 0) is 6.54 Å². The number of aromatic nitrogens is 2. The molecule has 1 amide bonds. The third kappa shape index (κ3) is 3.11. The second-order valence-electron chi connectivity index (χ2n) is 6.38. The summed E-state index contributed by atoms with van der Waals surface area (Å²) in [4.78, 5) is 24.5. The van der Waals surface area contributed by atoms with Gasteiger partial charge in [-0.1, -0.05) is 25.1 Å². The number of benzene rings is 2. The summed E-state index contributed by atoms with van der Waals surface area (Å²) in [7, 11) is 1.54. The number of anilines is 1. The van der Waals surface area contributed by atoms with Crippen molar-refractivity contribution < 1.29 is 13.9 Å².